The number of ether oxygens (including phenoxy) is 1. The van der Waals surface area contributed by atoms with Gasteiger partial charge < -0.3 is 4.74 Å². The molecule has 0 radical (unpaired) electrons. The Hall–Kier alpha value is -2.09. The predicted octanol–water partition coefficient (Wildman–Crippen LogP) is 3.42. The van der Waals surface area contributed by atoms with Gasteiger partial charge in [-0.2, -0.15) is 0 Å². The van der Waals surface area contributed by atoms with Gasteiger partial charge in [0.25, 0.3) is 0 Å². The van der Waals surface area contributed by atoms with E-state index in [4.69, 9.17) is 10.1 Å². The Morgan fingerprint density at radius 1 is 0.889 bits per heavy atom. The number of nitrogens with one attached hydrogen (secondary N) is 1. The summed E-state index contributed by atoms with van der Waals surface area (Å²) >= 11 is 0. The zero-order valence-corrected chi connectivity index (χ0v) is 9.89. The van der Waals surface area contributed by atoms with Crippen LogP contribution >= 0.6 is 0 Å². The van der Waals surface area contributed by atoms with Crippen molar-refractivity contribution < 1.29 is 4.74 Å². The molecule has 2 aromatic carbocycles. The van der Waals surface area contributed by atoms with Crippen LogP contribution in [0, 0.1) is 5.41 Å². The van der Waals surface area contributed by atoms with Gasteiger partial charge in [-0.15, -0.1) is 0 Å². The first-order chi connectivity index (χ1) is 8.84. The third-order valence-electron chi connectivity index (χ3n) is 3.98. The molecule has 5 rings (SSSR count). The molecular formula is C16H13NO. The minimum atomic E-state index is -0.0938. The van der Waals surface area contributed by atoms with Crippen molar-refractivity contribution in [3.63, 3.8) is 0 Å². The summed E-state index contributed by atoms with van der Waals surface area (Å²) in [6, 6.07) is 16.8. The largest absolute Gasteiger partial charge is 0.468 e. The van der Waals surface area contributed by atoms with Crippen LogP contribution in [-0.2, 0) is 11.2 Å². The van der Waals surface area contributed by atoms with Gasteiger partial charge in [0, 0.05) is 11.1 Å². The van der Waals surface area contributed by atoms with Crippen LogP contribution in [0.4, 0.5) is 0 Å². The molecule has 1 N–H and O–H groups in total. The molecule has 2 aliphatic heterocycles. The minimum absolute atomic E-state index is 0.0844. The van der Waals surface area contributed by atoms with Crippen molar-refractivity contribution >= 4 is 5.90 Å². The monoisotopic (exact) mass is 235 g/mol. The van der Waals surface area contributed by atoms with Crippen LogP contribution in [0.25, 0.3) is 0 Å². The van der Waals surface area contributed by atoms with E-state index in [0.717, 1.165) is 6.42 Å². The van der Waals surface area contributed by atoms with Crippen molar-refractivity contribution in [3.05, 3.63) is 70.8 Å². The Morgan fingerprint density at radius 3 is 2.39 bits per heavy atom. The van der Waals surface area contributed by atoms with Gasteiger partial charge in [0.1, 0.15) is 0 Å². The molecule has 88 valence electrons. The summed E-state index contributed by atoms with van der Waals surface area (Å²) in [5.74, 6) is 0.496. The molecule has 3 aliphatic rings. The normalized spacial score (nSPS) is 23.9. The summed E-state index contributed by atoms with van der Waals surface area (Å²) in [4.78, 5) is 0. The van der Waals surface area contributed by atoms with Gasteiger partial charge in [-0.05, 0) is 17.5 Å². The maximum Gasteiger partial charge on any atom is 0.189 e. The van der Waals surface area contributed by atoms with Crippen LogP contribution in [0.5, 0.6) is 0 Å². The lowest BCUT2D eigenvalue weighted by atomic mass is 9.89. The first kappa shape index (κ1) is 9.89. The SMILES string of the molecule is N=C1OC2c3ccccc3CC1c1ccccc12. The first-order valence-electron chi connectivity index (χ1n) is 6.26. The standard InChI is InChI=1S/C16H13NO/c17-16-14-9-10-5-1-2-6-11(10)15(18-16)13-8-4-3-7-12(13)14/h1-8,14-15,17H,9H2. The predicted molar refractivity (Wildman–Crippen MR) is 70.0 cm³/mol. The molecule has 2 atom stereocenters. The number of rotatable bonds is 0. The van der Waals surface area contributed by atoms with E-state index in [9.17, 15) is 0 Å². The summed E-state index contributed by atoms with van der Waals surface area (Å²) in [5.41, 5.74) is 5.01. The molecule has 0 fully saturated rings. The highest BCUT2D eigenvalue weighted by molar-refractivity contribution is 5.85. The number of hydrogen-bond acceptors (Lipinski definition) is 2. The summed E-state index contributed by atoms with van der Waals surface area (Å²) in [6.07, 6.45) is 0.784. The molecular weight excluding hydrogens is 222 g/mol. The Balaban J connectivity index is 2.03. The maximum absolute atomic E-state index is 8.10. The van der Waals surface area contributed by atoms with Gasteiger partial charge in [0.05, 0.1) is 5.92 Å². The van der Waals surface area contributed by atoms with Gasteiger partial charge in [-0.3, -0.25) is 5.41 Å². The third kappa shape index (κ3) is 1.20. The molecule has 2 heteroatoms. The molecule has 0 amide bonds. The van der Waals surface area contributed by atoms with E-state index in [1.54, 1.807) is 0 Å². The Kier molecular flexibility index (Phi) is 1.90. The van der Waals surface area contributed by atoms with Crippen molar-refractivity contribution in [2.75, 3.05) is 0 Å². The van der Waals surface area contributed by atoms with Crippen molar-refractivity contribution in [3.8, 4) is 0 Å². The third-order valence-corrected chi connectivity index (χ3v) is 3.98. The van der Waals surface area contributed by atoms with E-state index >= 15 is 0 Å². The van der Waals surface area contributed by atoms with E-state index in [1.807, 2.05) is 6.07 Å². The van der Waals surface area contributed by atoms with E-state index < -0.39 is 0 Å². The van der Waals surface area contributed by atoms with Crippen LogP contribution in [-0.4, -0.2) is 5.90 Å². The summed E-state index contributed by atoms with van der Waals surface area (Å²) < 4.78 is 5.85. The molecule has 18 heavy (non-hydrogen) atoms. The zero-order valence-electron chi connectivity index (χ0n) is 9.89. The van der Waals surface area contributed by atoms with E-state index in [0.29, 0.717) is 5.90 Å². The number of fused-ring (bicyclic) bond motifs is 1. The van der Waals surface area contributed by atoms with Gasteiger partial charge in [-0.25, -0.2) is 0 Å². The lowest BCUT2D eigenvalue weighted by molar-refractivity contribution is 0.212. The van der Waals surface area contributed by atoms with E-state index in [2.05, 4.69) is 42.5 Å². The maximum atomic E-state index is 8.10. The fourth-order valence-electron chi connectivity index (χ4n) is 3.11. The molecule has 2 bridgehead atoms. The topological polar surface area (TPSA) is 33.1 Å². The highest BCUT2D eigenvalue weighted by Gasteiger charge is 2.38. The van der Waals surface area contributed by atoms with Crippen molar-refractivity contribution in [1.29, 1.82) is 5.41 Å². The molecule has 0 spiro atoms. The van der Waals surface area contributed by atoms with Crippen molar-refractivity contribution in [2.24, 2.45) is 0 Å². The van der Waals surface area contributed by atoms with Crippen molar-refractivity contribution in [2.45, 2.75) is 18.4 Å². The summed E-state index contributed by atoms with van der Waals surface area (Å²) in [5, 5.41) is 8.10. The Bertz CT molecular complexity index is 647. The van der Waals surface area contributed by atoms with Gasteiger partial charge >= 0.3 is 0 Å². The fraction of sp³-hybridized carbons (Fsp3) is 0.188. The van der Waals surface area contributed by atoms with Crippen LogP contribution in [0.1, 0.15) is 34.3 Å². The van der Waals surface area contributed by atoms with Gasteiger partial charge in [-0.1, -0.05) is 48.5 Å². The zero-order chi connectivity index (χ0) is 12.1. The Labute approximate surface area is 106 Å². The van der Waals surface area contributed by atoms with Gasteiger partial charge in [0.15, 0.2) is 12.0 Å². The highest BCUT2D eigenvalue weighted by Crippen LogP contribution is 2.44. The molecule has 2 heterocycles. The van der Waals surface area contributed by atoms with Crippen LogP contribution in [0.3, 0.4) is 0 Å². The van der Waals surface area contributed by atoms with E-state index in [-0.39, 0.29) is 12.0 Å². The van der Waals surface area contributed by atoms with E-state index in [1.165, 1.54) is 22.3 Å². The second-order valence-electron chi connectivity index (χ2n) is 4.95. The van der Waals surface area contributed by atoms with Crippen LogP contribution in [0.2, 0.25) is 0 Å². The fourth-order valence-corrected chi connectivity index (χ4v) is 3.11. The summed E-state index contributed by atoms with van der Waals surface area (Å²) in [7, 11) is 0. The lowest BCUT2D eigenvalue weighted by Crippen LogP contribution is -2.24. The minimum Gasteiger partial charge on any atom is -0.468 e. The van der Waals surface area contributed by atoms with Crippen LogP contribution < -0.4 is 0 Å². The second kappa shape index (κ2) is 3.45. The Morgan fingerprint density at radius 2 is 1.56 bits per heavy atom. The number of hydrogen-bond donors (Lipinski definition) is 1. The molecule has 2 aromatic rings. The molecule has 0 aromatic heterocycles. The smallest absolute Gasteiger partial charge is 0.189 e. The van der Waals surface area contributed by atoms with Gasteiger partial charge in [0.2, 0.25) is 0 Å². The molecule has 0 saturated carbocycles. The molecule has 2 unspecified atom stereocenters. The summed E-state index contributed by atoms with van der Waals surface area (Å²) in [6.45, 7) is 0. The molecule has 2 nitrogen and oxygen atoms in total. The average Bonchev–Trinajstić information content (AvgIpc) is 2.64. The van der Waals surface area contributed by atoms with Crippen LogP contribution in [0.15, 0.2) is 48.5 Å². The quantitative estimate of drug-likeness (QED) is 0.745. The first-order valence-corrected chi connectivity index (χ1v) is 6.26. The second-order valence-corrected chi connectivity index (χ2v) is 4.95. The number of benzene rings is 2. The molecule has 1 aliphatic carbocycles. The molecule has 0 saturated heterocycles. The lowest BCUT2D eigenvalue weighted by Gasteiger charge is -2.29. The average molecular weight is 235 g/mol. The highest BCUT2D eigenvalue weighted by atomic mass is 16.5. The van der Waals surface area contributed by atoms with Crippen molar-refractivity contribution in [1.82, 2.24) is 0 Å².